The summed E-state index contributed by atoms with van der Waals surface area (Å²) in [4.78, 5) is 37.8. The summed E-state index contributed by atoms with van der Waals surface area (Å²) in [6.07, 6.45) is 0. The summed E-state index contributed by atoms with van der Waals surface area (Å²) in [6.45, 7) is 0. The van der Waals surface area contributed by atoms with Crippen LogP contribution in [0.25, 0.3) is 0 Å². The fraction of sp³-hybridized carbons (Fsp3) is 0.0476. The Hall–Kier alpha value is -3.51. The molecule has 1 aliphatic heterocycles. The first kappa shape index (κ1) is 17.9. The van der Waals surface area contributed by atoms with E-state index in [4.69, 9.17) is 11.6 Å². The van der Waals surface area contributed by atoms with Gasteiger partial charge >= 0.3 is 0 Å². The van der Waals surface area contributed by atoms with E-state index >= 15 is 0 Å². The van der Waals surface area contributed by atoms with Crippen LogP contribution in [0, 0.1) is 10.1 Å². The third kappa shape index (κ3) is 2.93. The molecule has 0 fully saturated rings. The quantitative estimate of drug-likeness (QED) is 0.368. The lowest BCUT2D eigenvalue weighted by molar-refractivity contribution is -0.384. The maximum absolute atomic E-state index is 13.1. The van der Waals surface area contributed by atoms with Crippen LogP contribution in [0.5, 0.6) is 0 Å². The van der Waals surface area contributed by atoms with Gasteiger partial charge in [-0.3, -0.25) is 24.6 Å². The summed E-state index contributed by atoms with van der Waals surface area (Å²) >= 11 is 5.99. The molecular weight excluding hydrogens is 380 g/mol. The van der Waals surface area contributed by atoms with Crippen LogP contribution in [0.4, 0.5) is 5.69 Å². The maximum atomic E-state index is 13.1. The van der Waals surface area contributed by atoms with Gasteiger partial charge in [0.05, 0.1) is 22.1 Å². The molecule has 0 aromatic heterocycles. The molecule has 0 saturated heterocycles. The third-order valence-electron chi connectivity index (χ3n) is 4.67. The van der Waals surface area contributed by atoms with Gasteiger partial charge in [-0.25, -0.2) is 0 Å². The monoisotopic (exact) mass is 392 g/mol. The zero-order valence-corrected chi connectivity index (χ0v) is 15.2. The fourth-order valence-corrected chi connectivity index (χ4v) is 3.49. The molecule has 1 aliphatic rings. The van der Waals surface area contributed by atoms with E-state index in [1.54, 1.807) is 24.3 Å². The van der Waals surface area contributed by atoms with Crippen LogP contribution in [0.15, 0.2) is 72.8 Å². The van der Waals surface area contributed by atoms with Crippen molar-refractivity contribution in [2.75, 3.05) is 0 Å². The number of hydrogen-bond donors (Lipinski definition) is 0. The van der Waals surface area contributed by atoms with Gasteiger partial charge in [-0.15, -0.1) is 0 Å². The highest BCUT2D eigenvalue weighted by molar-refractivity contribution is 6.30. The molecule has 0 radical (unpaired) electrons. The van der Waals surface area contributed by atoms with Crippen LogP contribution in [-0.4, -0.2) is 21.6 Å². The lowest BCUT2D eigenvalue weighted by Crippen LogP contribution is -2.34. The Morgan fingerprint density at radius 1 is 0.821 bits per heavy atom. The molecule has 0 unspecified atom stereocenters. The predicted molar refractivity (Wildman–Crippen MR) is 103 cm³/mol. The summed E-state index contributed by atoms with van der Waals surface area (Å²) in [5.74, 6) is -1.05. The minimum absolute atomic E-state index is 0.0362. The van der Waals surface area contributed by atoms with Crippen molar-refractivity contribution < 1.29 is 14.5 Å². The molecule has 138 valence electrons. The van der Waals surface area contributed by atoms with Crippen LogP contribution < -0.4 is 0 Å². The number of amides is 2. The van der Waals surface area contributed by atoms with Gasteiger partial charge in [0.1, 0.15) is 0 Å². The molecule has 0 spiro atoms. The average molecular weight is 393 g/mol. The molecule has 1 atom stereocenters. The molecule has 0 bridgehead atoms. The highest BCUT2D eigenvalue weighted by atomic mass is 35.5. The van der Waals surface area contributed by atoms with E-state index in [9.17, 15) is 19.7 Å². The van der Waals surface area contributed by atoms with Crippen LogP contribution in [0.3, 0.4) is 0 Å². The summed E-state index contributed by atoms with van der Waals surface area (Å²) in [7, 11) is 0. The van der Waals surface area contributed by atoms with Crippen molar-refractivity contribution in [1.82, 2.24) is 4.90 Å². The molecule has 6 nitrogen and oxygen atoms in total. The van der Waals surface area contributed by atoms with Gasteiger partial charge in [0.15, 0.2) is 0 Å². The number of nitro benzene ring substituents is 1. The van der Waals surface area contributed by atoms with E-state index in [0.29, 0.717) is 10.6 Å². The molecule has 28 heavy (non-hydrogen) atoms. The largest absolute Gasteiger partial charge is 0.270 e. The Balaban J connectivity index is 1.85. The number of hydrogen-bond acceptors (Lipinski definition) is 4. The number of nitro groups is 1. The molecule has 7 heteroatoms. The van der Waals surface area contributed by atoms with Crippen LogP contribution in [0.1, 0.15) is 37.9 Å². The van der Waals surface area contributed by atoms with Gasteiger partial charge in [-0.1, -0.05) is 54.1 Å². The summed E-state index contributed by atoms with van der Waals surface area (Å²) in [5.41, 5.74) is 1.41. The lowest BCUT2D eigenvalue weighted by Gasteiger charge is -2.27. The van der Waals surface area contributed by atoms with Crippen molar-refractivity contribution >= 4 is 29.1 Å². The first-order valence-electron chi connectivity index (χ1n) is 8.44. The van der Waals surface area contributed by atoms with Crippen molar-refractivity contribution in [2.45, 2.75) is 6.04 Å². The van der Waals surface area contributed by atoms with Gasteiger partial charge in [0, 0.05) is 17.2 Å². The first-order valence-corrected chi connectivity index (χ1v) is 8.82. The Labute approximate surface area is 165 Å². The number of non-ortho nitro benzene ring substituents is 1. The molecule has 4 rings (SSSR count). The second-order valence-corrected chi connectivity index (χ2v) is 6.77. The predicted octanol–water partition coefficient (Wildman–Crippen LogP) is 4.63. The number of benzene rings is 3. The van der Waals surface area contributed by atoms with Gasteiger partial charge < -0.3 is 0 Å². The van der Waals surface area contributed by atoms with E-state index < -0.39 is 22.8 Å². The molecule has 1 heterocycles. The molecular formula is C21H13ClN2O4. The summed E-state index contributed by atoms with van der Waals surface area (Å²) < 4.78 is 0. The summed E-state index contributed by atoms with van der Waals surface area (Å²) in [5, 5.41) is 11.6. The van der Waals surface area contributed by atoms with Gasteiger partial charge in [-0.05, 0) is 29.3 Å². The van der Waals surface area contributed by atoms with Crippen molar-refractivity contribution in [3.05, 3.63) is 110 Å². The molecule has 0 N–H and O–H groups in total. The molecule has 0 saturated carbocycles. The smallest absolute Gasteiger partial charge is 0.269 e. The van der Waals surface area contributed by atoms with E-state index in [1.165, 1.54) is 12.1 Å². The number of carbonyl (C=O) groups is 2. The van der Waals surface area contributed by atoms with Gasteiger partial charge in [0.2, 0.25) is 0 Å². The standard InChI is InChI=1S/C21H13ClN2O4/c22-15-8-6-14(7-9-15)19(13-4-2-1-3-5-13)23-20(25)17-11-10-16(24(27)28)12-18(17)21(23)26/h1-12,19H/t19-/m1/s1. The normalized spacial score (nSPS) is 14.1. The second kappa shape index (κ2) is 6.90. The number of halogens is 1. The van der Waals surface area contributed by atoms with E-state index in [1.807, 2.05) is 30.3 Å². The van der Waals surface area contributed by atoms with Crippen molar-refractivity contribution in [3.63, 3.8) is 0 Å². The number of nitrogens with zero attached hydrogens (tertiary/aromatic N) is 2. The zero-order chi connectivity index (χ0) is 19.8. The molecule has 3 aromatic carbocycles. The Morgan fingerprint density at radius 2 is 1.43 bits per heavy atom. The highest BCUT2D eigenvalue weighted by Crippen LogP contribution is 2.37. The SMILES string of the molecule is O=C1c2ccc([N+](=O)[O-])cc2C(=O)N1[C@H](c1ccccc1)c1ccc(Cl)cc1. The van der Waals surface area contributed by atoms with E-state index in [2.05, 4.69) is 0 Å². The minimum Gasteiger partial charge on any atom is -0.269 e. The summed E-state index contributed by atoms with van der Waals surface area (Å²) in [6, 6.07) is 19.1. The van der Waals surface area contributed by atoms with Crippen molar-refractivity contribution in [3.8, 4) is 0 Å². The lowest BCUT2D eigenvalue weighted by atomic mass is 9.97. The Kier molecular flexibility index (Phi) is 4.41. The number of fused-ring (bicyclic) bond motifs is 1. The van der Waals surface area contributed by atoms with Crippen LogP contribution >= 0.6 is 11.6 Å². The first-order chi connectivity index (χ1) is 13.5. The molecule has 0 aliphatic carbocycles. The van der Waals surface area contributed by atoms with Crippen molar-refractivity contribution in [2.24, 2.45) is 0 Å². The Bertz CT molecular complexity index is 1100. The Morgan fingerprint density at radius 3 is 2.07 bits per heavy atom. The third-order valence-corrected chi connectivity index (χ3v) is 4.92. The second-order valence-electron chi connectivity index (χ2n) is 6.33. The van der Waals surface area contributed by atoms with Crippen LogP contribution in [-0.2, 0) is 0 Å². The minimum atomic E-state index is -0.676. The number of rotatable bonds is 4. The fourth-order valence-electron chi connectivity index (χ4n) is 3.37. The van der Waals surface area contributed by atoms with E-state index in [-0.39, 0.29) is 16.8 Å². The number of carbonyl (C=O) groups excluding carboxylic acids is 2. The van der Waals surface area contributed by atoms with E-state index in [0.717, 1.165) is 16.5 Å². The van der Waals surface area contributed by atoms with Gasteiger partial charge in [-0.2, -0.15) is 0 Å². The maximum Gasteiger partial charge on any atom is 0.270 e. The topological polar surface area (TPSA) is 80.5 Å². The highest BCUT2D eigenvalue weighted by Gasteiger charge is 2.42. The molecule has 2 amide bonds. The zero-order valence-electron chi connectivity index (χ0n) is 14.4. The van der Waals surface area contributed by atoms with Gasteiger partial charge in [0.25, 0.3) is 17.5 Å². The molecule has 3 aromatic rings. The number of imide groups is 1. The van der Waals surface area contributed by atoms with Crippen LogP contribution in [0.2, 0.25) is 5.02 Å². The average Bonchev–Trinajstić information content (AvgIpc) is 2.95. The van der Waals surface area contributed by atoms with Crippen molar-refractivity contribution in [1.29, 1.82) is 0 Å².